The molecule has 1 amide bonds. The molecule has 1 aromatic carbocycles. The van der Waals surface area contributed by atoms with Gasteiger partial charge in [0.15, 0.2) is 6.54 Å². The molecule has 0 aliphatic rings. The van der Waals surface area contributed by atoms with Crippen LogP contribution in [0.25, 0.3) is 0 Å². The summed E-state index contributed by atoms with van der Waals surface area (Å²) in [6, 6.07) is 9.32. The van der Waals surface area contributed by atoms with Crippen molar-refractivity contribution in [1.82, 2.24) is 5.43 Å². The predicted octanol–water partition coefficient (Wildman–Crippen LogP) is -1.39. The summed E-state index contributed by atoms with van der Waals surface area (Å²) in [7, 11) is 1.85. The minimum absolute atomic E-state index is 0.0882. The maximum absolute atomic E-state index is 11.1. The lowest BCUT2D eigenvalue weighted by Gasteiger charge is -2.25. The van der Waals surface area contributed by atoms with Crippen molar-refractivity contribution < 1.29 is 14.8 Å². The molecule has 1 rings (SSSR count). The number of hydrogen-bond acceptors (Lipinski definition) is 3. The van der Waals surface area contributed by atoms with Gasteiger partial charge in [0.1, 0.15) is 12.1 Å². The normalized spacial score (nSPS) is 16.0. The van der Waals surface area contributed by atoms with Crippen LogP contribution in [0.4, 0.5) is 0 Å². The Balaban J connectivity index is 2.63. The minimum atomic E-state index is -0.596. The van der Waals surface area contributed by atoms with Crippen molar-refractivity contribution in [2.24, 2.45) is 5.84 Å². The number of nitrogens with two attached hydrogens (primary N) is 1. The molecule has 5 N–H and O–H groups in total. The highest BCUT2D eigenvalue weighted by atomic mass is 16.3. The predicted molar refractivity (Wildman–Crippen MR) is 64.9 cm³/mol. The standard InChI is InChI=1S/C12H19N3O2/c1-9(15(2)8-11(16)14-13)12(17)10-6-4-3-5-7-10/h3-7,9,12,17H,8,13H2,1-2H3,(H,14,16)/p+1/t9-,12+/m0/s1. The average molecular weight is 238 g/mol. The Morgan fingerprint density at radius 2 is 2.06 bits per heavy atom. The summed E-state index contributed by atoms with van der Waals surface area (Å²) in [5, 5.41) is 10.2. The fraction of sp³-hybridized carbons (Fsp3) is 0.417. The molecule has 1 unspecified atom stereocenters. The first kappa shape index (κ1) is 13.6. The zero-order chi connectivity index (χ0) is 12.8. The third kappa shape index (κ3) is 3.81. The smallest absolute Gasteiger partial charge is 0.289 e. The highest BCUT2D eigenvalue weighted by Gasteiger charge is 2.25. The first-order valence-electron chi connectivity index (χ1n) is 5.61. The number of aliphatic hydroxyl groups excluding tert-OH is 1. The van der Waals surface area contributed by atoms with Crippen molar-refractivity contribution in [1.29, 1.82) is 0 Å². The lowest BCUT2D eigenvalue weighted by atomic mass is 10.0. The van der Waals surface area contributed by atoms with Gasteiger partial charge >= 0.3 is 0 Å². The zero-order valence-electron chi connectivity index (χ0n) is 10.2. The molecule has 3 atom stereocenters. The van der Waals surface area contributed by atoms with E-state index in [1.165, 1.54) is 0 Å². The maximum atomic E-state index is 11.1. The van der Waals surface area contributed by atoms with Crippen LogP contribution in [0, 0.1) is 0 Å². The fourth-order valence-corrected chi connectivity index (χ4v) is 1.67. The Morgan fingerprint density at radius 1 is 1.47 bits per heavy atom. The van der Waals surface area contributed by atoms with Crippen molar-refractivity contribution in [3.05, 3.63) is 35.9 Å². The summed E-state index contributed by atoms with van der Waals surface area (Å²) in [6.45, 7) is 2.14. The molecule has 5 nitrogen and oxygen atoms in total. The van der Waals surface area contributed by atoms with E-state index in [9.17, 15) is 9.90 Å². The van der Waals surface area contributed by atoms with E-state index < -0.39 is 6.10 Å². The molecule has 0 aromatic heterocycles. The number of rotatable bonds is 5. The van der Waals surface area contributed by atoms with E-state index >= 15 is 0 Å². The van der Waals surface area contributed by atoms with Crippen LogP contribution in [0.15, 0.2) is 30.3 Å². The molecule has 0 fully saturated rings. The molecular formula is C12H20N3O2+. The quantitative estimate of drug-likeness (QED) is 0.290. The largest absolute Gasteiger partial charge is 0.382 e. The van der Waals surface area contributed by atoms with Gasteiger partial charge in [-0.25, -0.2) is 5.84 Å². The molecule has 0 spiro atoms. The van der Waals surface area contributed by atoms with Crippen LogP contribution in [0.5, 0.6) is 0 Å². The molecule has 0 aliphatic carbocycles. The van der Waals surface area contributed by atoms with Gasteiger partial charge in [-0.3, -0.25) is 10.2 Å². The molecule has 0 aliphatic heterocycles. The topological polar surface area (TPSA) is 79.8 Å². The van der Waals surface area contributed by atoms with Gasteiger partial charge in [-0.15, -0.1) is 0 Å². The van der Waals surface area contributed by atoms with Gasteiger partial charge < -0.3 is 10.0 Å². The molecule has 0 saturated carbocycles. The number of quaternary nitrogens is 1. The van der Waals surface area contributed by atoms with E-state index in [-0.39, 0.29) is 18.5 Å². The summed E-state index contributed by atoms with van der Waals surface area (Å²) in [5.41, 5.74) is 2.94. The molecular weight excluding hydrogens is 218 g/mol. The van der Waals surface area contributed by atoms with Crippen LogP contribution < -0.4 is 16.2 Å². The molecule has 94 valence electrons. The number of nitrogens with one attached hydrogen (secondary N) is 2. The number of likely N-dealkylation sites (N-methyl/N-ethyl adjacent to an activating group) is 1. The van der Waals surface area contributed by atoms with Gasteiger partial charge in [0.05, 0.1) is 7.05 Å². The number of hydrogen-bond donors (Lipinski definition) is 4. The Morgan fingerprint density at radius 3 is 2.59 bits per heavy atom. The number of amides is 1. The van der Waals surface area contributed by atoms with E-state index in [0.717, 1.165) is 10.5 Å². The summed E-state index contributed by atoms with van der Waals surface area (Å²) in [6.07, 6.45) is -0.596. The summed E-state index contributed by atoms with van der Waals surface area (Å²) >= 11 is 0. The third-order valence-electron chi connectivity index (χ3n) is 2.99. The first-order chi connectivity index (χ1) is 8.06. The third-order valence-corrected chi connectivity index (χ3v) is 2.99. The van der Waals surface area contributed by atoms with Gasteiger partial charge in [0, 0.05) is 0 Å². The Kier molecular flexibility index (Phi) is 5.09. The van der Waals surface area contributed by atoms with Gasteiger partial charge in [-0.05, 0) is 12.5 Å². The van der Waals surface area contributed by atoms with Crippen molar-refractivity contribution in [2.45, 2.75) is 19.1 Å². The number of carbonyl (C=O) groups is 1. The first-order valence-corrected chi connectivity index (χ1v) is 5.61. The number of carbonyl (C=O) groups excluding carboxylic acids is 1. The van der Waals surface area contributed by atoms with Gasteiger partial charge in [0.25, 0.3) is 5.91 Å². The highest BCUT2D eigenvalue weighted by molar-refractivity contribution is 5.76. The average Bonchev–Trinajstić information content (AvgIpc) is 2.37. The number of hydrazine groups is 1. The fourth-order valence-electron chi connectivity index (χ4n) is 1.67. The molecule has 0 bridgehead atoms. The number of benzene rings is 1. The van der Waals surface area contributed by atoms with Gasteiger partial charge in [-0.2, -0.15) is 0 Å². The van der Waals surface area contributed by atoms with Crippen LogP contribution in [0.3, 0.4) is 0 Å². The molecule has 0 heterocycles. The monoisotopic (exact) mass is 238 g/mol. The maximum Gasteiger partial charge on any atom is 0.289 e. The lowest BCUT2D eigenvalue weighted by molar-refractivity contribution is -0.900. The van der Waals surface area contributed by atoms with E-state index in [0.29, 0.717) is 0 Å². The Labute approximate surface area is 101 Å². The second-order valence-corrected chi connectivity index (χ2v) is 4.23. The van der Waals surface area contributed by atoms with Crippen molar-refractivity contribution in [3.63, 3.8) is 0 Å². The lowest BCUT2D eigenvalue weighted by Crippen LogP contribution is -3.14. The van der Waals surface area contributed by atoms with Gasteiger partial charge in [0.2, 0.25) is 0 Å². The molecule has 17 heavy (non-hydrogen) atoms. The SMILES string of the molecule is C[C@@H]([C@@H](O)c1ccccc1)[NH+](C)CC(=O)NN. The van der Waals surface area contributed by atoms with Crippen molar-refractivity contribution in [2.75, 3.05) is 13.6 Å². The molecule has 1 aromatic rings. The molecule has 5 heteroatoms. The van der Waals surface area contributed by atoms with Crippen LogP contribution in [-0.2, 0) is 4.79 Å². The summed E-state index contributed by atoms with van der Waals surface area (Å²) in [4.78, 5) is 12.1. The van der Waals surface area contributed by atoms with Crippen LogP contribution in [0.2, 0.25) is 0 Å². The Hall–Kier alpha value is -1.43. The molecule has 0 radical (unpaired) electrons. The van der Waals surface area contributed by atoms with Crippen molar-refractivity contribution in [3.8, 4) is 0 Å². The van der Waals surface area contributed by atoms with E-state index in [1.807, 2.05) is 44.3 Å². The number of aliphatic hydroxyl groups is 1. The van der Waals surface area contributed by atoms with E-state index in [4.69, 9.17) is 5.84 Å². The van der Waals surface area contributed by atoms with E-state index in [2.05, 4.69) is 5.43 Å². The van der Waals surface area contributed by atoms with Crippen LogP contribution >= 0.6 is 0 Å². The van der Waals surface area contributed by atoms with Crippen molar-refractivity contribution >= 4 is 5.91 Å². The summed E-state index contributed by atoms with van der Waals surface area (Å²) < 4.78 is 0. The zero-order valence-corrected chi connectivity index (χ0v) is 10.2. The second-order valence-electron chi connectivity index (χ2n) is 4.23. The minimum Gasteiger partial charge on any atom is -0.382 e. The van der Waals surface area contributed by atoms with E-state index in [1.54, 1.807) is 0 Å². The van der Waals surface area contributed by atoms with Crippen LogP contribution in [-0.4, -0.2) is 30.6 Å². The molecule has 0 saturated heterocycles. The second kappa shape index (κ2) is 6.34. The Bertz CT molecular complexity index is 356. The van der Waals surface area contributed by atoms with Gasteiger partial charge in [-0.1, -0.05) is 30.3 Å². The highest BCUT2D eigenvalue weighted by Crippen LogP contribution is 2.13. The summed E-state index contributed by atoms with van der Waals surface area (Å²) in [5.74, 6) is 4.79. The van der Waals surface area contributed by atoms with Crippen LogP contribution in [0.1, 0.15) is 18.6 Å².